The Morgan fingerprint density at radius 2 is 2.29 bits per heavy atom. The molecule has 2 rings (SSSR count). The van der Waals surface area contributed by atoms with Crippen LogP contribution in [0, 0.1) is 6.92 Å². The number of imidazole rings is 1. The maximum absolute atomic E-state index is 6.13. The van der Waals surface area contributed by atoms with Gasteiger partial charge in [0.1, 0.15) is 11.5 Å². The smallest absolute Gasteiger partial charge is 0.141 e. The van der Waals surface area contributed by atoms with Crippen molar-refractivity contribution >= 4 is 27.4 Å². The minimum Gasteiger partial charge on any atom is -0.384 e. The van der Waals surface area contributed by atoms with Gasteiger partial charge in [0.05, 0.1) is 12.3 Å². The van der Waals surface area contributed by atoms with Crippen LogP contribution in [-0.4, -0.2) is 23.1 Å². The molecule has 0 amide bonds. The first-order valence-electron chi connectivity index (χ1n) is 5.47. The van der Waals surface area contributed by atoms with E-state index in [1.807, 2.05) is 23.6 Å². The number of halogens is 1. The third-order valence-electron chi connectivity index (χ3n) is 2.82. The Labute approximate surface area is 109 Å². The third kappa shape index (κ3) is 2.17. The molecule has 0 aliphatic carbocycles. The number of pyridine rings is 1. The molecule has 1 atom stereocenters. The zero-order valence-corrected chi connectivity index (χ0v) is 11.8. The van der Waals surface area contributed by atoms with Crippen LogP contribution < -0.4 is 5.73 Å². The first-order valence-corrected chi connectivity index (χ1v) is 6.26. The van der Waals surface area contributed by atoms with Crippen LogP contribution in [0.25, 0.3) is 5.65 Å². The highest BCUT2D eigenvalue weighted by molar-refractivity contribution is 9.10. The molecule has 4 nitrogen and oxygen atoms in total. The normalized spacial score (nSPS) is 13.2. The number of nitrogens with zero attached hydrogens (tertiary/aromatic N) is 2. The predicted molar refractivity (Wildman–Crippen MR) is 72.3 cm³/mol. The van der Waals surface area contributed by atoms with Crippen molar-refractivity contribution in [2.24, 2.45) is 0 Å². The first kappa shape index (κ1) is 12.4. The lowest BCUT2D eigenvalue weighted by molar-refractivity contribution is 0.183. The summed E-state index contributed by atoms with van der Waals surface area (Å²) in [7, 11) is 1.68. The number of fused-ring (bicyclic) bond motifs is 1. The van der Waals surface area contributed by atoms with Crippen LogP contribution in [0.2, 0.25) is 0 Å². The van der Waals surface area contributed by atoms with Crippen LogP contribution in [0.4, 0.5) is 5.82 Å². The Hall–Kier alpha value is -1.07. The van der Waals surface area contributed by atoms with Crippen LogP contribution in [-0.2, 0) is 4.74 Å². The Kier molecular flexibility index (Phi) is 3.40. The molecular weight excluding hydrogens is 282 g/mol. The van der Waals surface area contributed by atoms with E-state index < -0.39 is 0 Å². The van der Waals surface area contributed by atoms with Gasteiger partial charge in [-0.1, -0.05) is 6.92 Å². The average molecular weight is 298 g/mol. The fourth-order valence-electron chi connectivity index (χ4n) is 2.00. The second-order valence-corrected chi connectivity index (χ2v) is 5.19. The highest BCUT2D eigenvalue weighted by atomic mass is 79.9. The molecule has 92 valence electrons. The summed E-state index contributed by atoms with van der Waals surface area (Å²) in [5, 5.41) is 0. The quantitative estimate of drug-likeness (QED) is 0.948. The summed E-state index contributed by atoms with van der Waals surface area (Å²) in [6.07, 6.45) is 1.94. The van der Waals surface area contributed by atoms with E-state index in [-0.39, 0.29) is 5.92 Å². The van der Waals surface area contributed by atoms with Crippen LogP contribution in [0.5, 0.6) is 0 Å². The van der Waals surface area contributed by atoms with E-state index in [4.69, 9.17) is 10.5 Å². The monoisotopic (exact) mass is 297 g/mol. The maximum atomic E-state index is 6.13. The first-order chi connectivity index (χ1) is 8.04. The van der Waals surface area contributed by atoms with E-state index >= 15 is 0 Å². The molecule has 5 heteroatoms. The van der Waals surface area contributed by atoms with Gasteiger partial charge in [0.25, 0.3) is 0 Å². The number of rotatable bonds is 3. The minimum absolute atomic E-state index is 0.193. The molecule has 0 radical (unpaired) electrons. The number of hydrogen-bond acceptors (Lipinski definition) is 3. The van der Waals surface area contributed by atoms with E-state index in [0.717, 1.165) is 21.4 Å². The number of aromatic nitrogens is 2. The Morgan fingerprint density at radius 1 is 1.59 bits per heavy atom. The lowest BCUT2D eigenvalue weighted by Crippen LogP contribution is -2.05. The van der Waals surface area contributed by atoms with Crippen molar-refractivity contribution in [3.8, 4) is 0 Å². The number of anilines is 1. The second-order valence-electron chi connectivity index (χ2n) is 4.27. The van der Waals surface area contributed by atoms with Gasteiger partial charge in [-0.2, -0.15) is 0 Å². The molecule has 2 aromatic rings. The summed E-state index contributed by atoms with van der Waals surface area (Å²) in [5.74, 6) is 0.882. The third-order valence-corrected chi connectivity index (χ3v) is 3.25. The fraction of sp³-hybridized carbons (Fsp3) is 0.417. The minimum atomic E-state index is 0.193. The van der Waals surface area contributed by atoms with Gasteiger partial charge in [0.15, 0.2) is 0 Å². The summed E-state index contributed by atoms with van der Waals surface area (Å²) in [6.45, 7) is 4.71. The standard InChI is InChI=1S/C12H16BrN3O/c1-7-4-9(13)5-16-11(14)10(15-12(7)16)8(2)6-17-3/h4-5,8H,6,14H2,1-3H3. The molecule has 0 fully saturated rings. The van der Waals surface area contributed by atoms with Gasteiger partial charge in [-0.05, 0) is 34.5 Å². The Bertz CT molecular complexity index is 550. The molecule has 17 heavy (non-hydrogen) atoms. The molecule has 2 aromatic heterocycles. The predicted octanol–water partition coefficient (Wildman–Crippen LogP) is 2.74. The zero-order chi connectivity index (χ0) is 12.6. The van der Waals surface area contributed by atoms with Crippen LogP contribution in [0.15, 0.2) is 16.7 Å². The highest BCUT2D eigenvalue weighted by Gasteiger charge is 2.17. The largest absolute Gasteiger partial charge is 0.384 e. The molecule has 0 bridgehead atoms. The number of aryl methyl sites for hydroxylation is 1. The number of nitrogen functional groups attached to an aromatic ring is 1. The average Bonchev–Trinajstić information content (AvgIpc) is 2.57. The summed E-state index contributed by atoms with van der Waals surface area (Å²) < 4.78 is 8.06. The van der Waals surface area contributed by atoms with Crippen molar-refractivity contribution in [3.05, 3.63) is 28.0 Å². The number of hydrogen-bond donors (Lipinski definition) is 1. The van der Waals surface area contributed by atoms with Gasteiger partial charge in [-0.15, -0.1) is 0 Å². The van der Waals surface area contributed by atoms with Gasteiger partial charge in [0, 0.05) is 23.7 Å². The van der Waals surface area contributed by atoms with Crippen LogP contribution >= 0.6 is 15.9 Å². The van der Waals surface area contributed by atoms with Crippen molar-refractivity contribution in [2.75, 3.05) is 19.5 Å². The van der Waals surface area contributed by atoms with Crippen molar-refractivity contribution in [3.63, 3.8) is 0 Å². The van der Waals surface area contributed by atoms with E-state index in [0.29, 0.717) is 12.4 Å². The van der Waals surface area contributed by atoms with E-state index in [1.165, 1.54) is 0 Å². The molecule has 0 spiro atoms. The second kappa shape index (κ2) is 4.66. The molecule has 2 N–H and O–H groups in total. The van der Waals surface area contributed by atoms with Gasteiger partial charge in [0.2, 0.25) is 0 Å². The lowest BCUT2D eigenvalue weighted by Gasteiger charge is -2.07. The summed E-state index contributed by atoms with van der Waals surface area (Å²) in [6, 6.07) is 2.03. The Morgan fingerprint density at radius 3 is 2.94 bits per heavy atom. The number of ether oxygens (including phenoxy) is 1. The van der Waals surface area contributed by atoms with Gasteiger partial charge < -0.3 is 10.5 Å². The summed E-state index contributed by atoms with van der Waals surface area (Å²) in [4.78, 5) is 4.61. The topological polar surface area (TPSA) is 52.5 Å². The fourth-order valence-corrected chi connectivity index (χ4v) is 2.54. The van der Waals surface area contributed by atoms with Crippen LogP contribution in [0.1, 0.15) is 24.1 Å². The van der Waals surface area contributed by atoms with Gasteiger partial charge in [-0.25, -0.2) is 4.98 Å². The van der Waals surface area contributed by atoms with E-state index in [1.54, 1.807) is 7.11 Å². The van der Waals surface area contributed by atoms with Crippen molar-refractivity contribution in [1.82, 2.24) is 9.38 Å². The molecule has 0 aliphatic heterocycles. The maximum Gasteiger partial charge on any atom is 0.141 e. The SMILES string of the molecule is COCC(C)c1nc2c(C)cc(Br)cn2c1N. The molecule has 2 heterocycles. The Balaban J connectivity index is 2.60. The van der Waals surface area contributed by atoms with E-state index in [9.17, 15) is 0 Å². The van der Waals surface area contributed by atoms with Crippen molar-refractivity contribution < 1.29 is 4.74 Å². The zero-order valence-electron chi connectivity index (χ0n) is 10.2. The number of nitrogens with two attached hydrogens (primary N) is 1. The highest BCUT2D eigenvalue weighted by Crippen LogP contribution is 2.26. The molecule has 0 saturated carbocycles. The molecule has 0 saturated heterocycles. The van der Waals surface area contributed by atoms with E-state index in [2.05, 4.69) is 27.8 Å². The van der Waals surface area contributed by atoms with Crippen molar-refractivity contribution in [1.29, 1.82) is 0 Å². The van der Waals surface area contributed by atoms with Gasteiger partial charge >= 0.3 is 0 Å². The molecule has 1 unspecified atom stereocenters. The molecular formula is C12H16BrN3O. The number of methoxy groups -OCH3 is 1. The molecule has 0 aliphatic rings. The van der Waals surface area contributed by atoms with Crippen LogP contribution in [0.3, 0.4) is 0 Å². The summed E-state index contributed by atoms with van der Waals surface area (Å²) >= 11 is 3.47. The van der Waals surface area contributed by atoms with Gasteiger partial charge in [-0.3, -0.25) is 4.40 Å². The molecule has 0 aromatic carbocycles. The lowest BCUT2D eigenvalue weighted by atomic mass is 10.1. The van der Waals surface area contributed by atoms with Crippen molar-refractivity contribution in [2.45, 2.75) is 19.8 Å². The summed E-state index contributed by atoms with van der Waals surface area (Å²) in [5.41, 5.74) is 9.03.